The number of aryl methyl sites for hydroxylation is 1. The molecular formula is C21H23N3O5S. The van der Waals surface area contributed by atoms with Crippen molar-refractivity contribution in [3.05, 3.63) is 65.8 Å². The van der Waals surface area contributed by atoms with Crippen LogP contribution in [0.25, 0.3) is 0 Å². The van der Waals surface area contributed by atoms with Crippen molar-refractivity contribution in [1.82, 2.24) is 10.1 Å². The average Bonchev–Trinajstić information content (AvgIpc) is 3.11. The van der Waals surface area contributed by atoms with Crippen LogP contribution in [0.4, 0.5) is 5.69 Å². The highest BCUT2D eigenvalue weighted by Crippen LogP contribution is 2.23. The summed E-state index contributed by atoms with van der Waals surface area (Å²) in [7, 11) is -3.30. The summed E-state index contributed by atoms with van der Waals surface area (Å²) < 4.78 is 33.9. The van der Waals surface area contributed by atoms with Gasteiger partial charge in [-0.2, -0.15) is 4.98 Å². The topological polar surface area (TPSA) is 103 Å². The largest absolute Gasteiger partial charge is 0.485 e. The summed E-state index contributed by atoms with van der Waals surface area (Å²) in [5.41, 5.74) is 1.11. The van der Waals surface area contributed by atoms with E-state index in [0.717, 1.165) is 6.26 Å². The van der Waals surface area contributed by atoms with Crippen LogP contribution in [0.1, 0.15) is 35.9 Å². The smallest absolute Gasteiger partial charge is 0.258 e. The van der Waals surface area contributed by atoms with Crippen molar-refractivity contribution >= 4 is 21.4 Å². The van der Waals surface area contributed by atoms with E-state index in [4.69, 9.17) is 9.26 Å². The monoisotopic (exact) mass is 429 g/mol. The average molecular weight is 429 g/mol. The molecule has 3 aromatic rings. The van der Waals surface area contributed by atoms with E-state index in [1.807, 2.05) is 13.8 Å². The Kier molecular flexibility index (Phi) is 6.21. The quantitative estimate of drug-likeness (QED) is 0.567. The lowest BCUT2D eigenvalue weighted by atomic mass is 10.1. The standard InChI is InChI=1S/C21H23N3O5S/c1-14(2)24(17-7-11-19(12-8-17)30(4,26)27)21(25)16-5-9-18(10-6-16)28-13-20-22-15(3)29-23-20/h5-12,14H,13H2,1-4H3. The number of nitrogens with zero attached hydrogens (tertiary/aromatic N) is 3. The summed E-state index contributed by atoms with van der Waals surface area (Å²) in [6.45, 7) is 5.65. The van der Waals surface area contributed by atoms with E-state index in [9.17, 15) is 13.2 Å². The molecule has 8 nitrogen and oxygen atoms in total. The van der Waals surface area contributed by atoms with E-state index < -0.39 is 9.84 Å². The molecule has 0 saturated carbocycles. The van der Waals surface area contributed by atoms with Gasteiger partial charge in [0.25, 0.3) is 5.91 Å². The molecule has 158 valence electrons. The molecule has 0 unspecified atom stereocenters. The van der Waals surface area contributed by atoms with E-state index in [-0.39, 0.29) is 23.5 Å². The lowest BCUT2D eigenvalue weighted by Gasteiger charge is -2.27. The molecule has 0 N–H and O–H groups in total. The van der Waals surface area contributed by atoms with Crippen LogP contribution in [-0.2, 0) is 16.4 Å². The second kappa shape index (κ2) is 8.66. The fourth-order valence-corrected chi connectivity index (χ4v) is 3.51. The van der Waals surface area contributed by atoms with Crippen molar-refractivity contribution in [1.29, 1.82) is 0 Å². The lowest BCUT2D eigenvalue weighted by molar-refractivity contribution is 0.0980. The van der Waals surface area contributed by atoms with Crippen LogP contribution in [0.2, 0.25) is 0 Å². The predicted octanol–water partition coefficient (Wildman–Crippen LogP) is 3.42. The molecule has 0 spiro atoms. The van der Waals surface area contributed by atoms with Gasteiger partial charge in [0.1, 0.15) is 5.75 Å². The number of sulfone groups is 1. The Balaban J connectivity index is 1.75. The molecule has 0 bridgehead atoms. The molecule has 0 aliphatic heterocycles. The first-order valence-electron chi connectivity index (χ1n) is 9.31. The number of hydrogen-bond acceptors (Lipinski definition) is 7. The fraction of sp³-hybridized carbons (Fsp3) is 0.286. The van der Waals surface area contributed by atoms with Gasteiger partial charge in [-0.05, 0) is 62.4 Å². The number of anilines is 1. The molecule has 9 heteroatoms. The summed E-state index contributed by atoms with van der Waals surface area (Å²) in [6.07, 6.45) is 1.15. The zero-order valence-electron chi connectivity index (χ0n) is 17.2. The van der Waals surface area contributed by atoms with Crippen molar-refractivity contribution in [2.75, 3.05) is 11.2 Å². The molecule has 0 aliphatic carbocycles. The maximum absolute atomic E-state index is 13.1. The molecule has 0 fully saturated rings. The van der Waals surface area contributed by atoms with Crippen LogP contribution < -0.4 is 9.64 Å². The third-order valence-electron chi connectivity index (χ3n) is 4.32. The SMILES string of the molecule is Cc1nc(COc2ccc(C(=O)N(c3ccc(S(C)(=O)=O)cc3)C(C)C)cc2)no1. The molecule has 1 amide bonds. The highest BCUT2D eigenvalue weighted by molar-refractivity contribution is 7.90. The van der Waals surface area contributed by atoms with Crippen molar-refractivity contribution in [3.63, 3.8) is 0 Å². The van der Waals surface area contributed by atoms with Crippen LogP contribution >= 0.6 is 0 Å². The Morgan fingerprint density at radius 3 is 2.23 bits per heavy atom. The molecule has 0 radical (unpaired) electrons. The van der Waals surface area contributed by atoms with E-state index >= 15 is 0 Å². The minimum Gasteiger partial charge on any atom is -0.485 e. The highest BCUT2D eigenvalue weighted by atomic mass is 32.2. The molecule has 1 aromatic heterocycles. The summed E-state index contributed by atoms with van der Waals surface area (Å²) in [5, 5.41) is 3.76. The highest BCUT2D eigenvalue weighted by Gasteiger charge is 2.21. The van der Waals surface area contributed by atoms with Crippen LogP contribution in [0.5, 0.6) is 5.75 Å². The van der Waals surface area contributed by atoms with Gasteiger partial charge in [-0.3, -0.25) is 4.79 Å². The molecule has 0 aliphatic rings. The van der Waals surface area contributed by atoms with Gasteiger partial charge in [-0.15, -0.1) is 0 Å². The zero-order valence-corrected chi connectivity index (χ0v) is 18.0. The molecule has 30 heavy (non-hydrogen) atoms. The number of hydrogen-bond donors (Lipinski definition) is 0. The van der Waals surface area contributed by atoms with Gasteiger partial charge < -0.3 is 14.2 Å². The number of rotatable bonds is 7. The molecule has 2 aromatic carbocycles. The number of ether oxygens (including phenoxy) is 1. The normalized spacial score (nSPS) is 11.5. The fourth-order valence-electron chi connectivity index (χ4n) is 2.88. The number of amides is 1. The summed E-state index contributed by atoms with van der Waals surface area (Å²) in [6, 6.07) is 12.9. The first kappa shape index (κ1) is 21.5. The Morgan fingerprint density at radius 2 is 1.73 bits per heavy atom. The molecule has 0 saturated heterocycles. The Hall–Kier alpha value is -3.20. The van der Waals surface area contributed by atoms with Gasteiger partial charge in [0.15, 0.2) is 16.4 Å². The van der Waals surface area contributed by atoms with Crippen LogP contribution in [-0.4, -0.2) is 36.8 Å². The second-order valence-electron chi connectivity index (χ2n) is 7.08. The second-order valence-corrected chi connectivity index (χ2v) is 9.09. The van der Waals surface area contributed by atoms with Gasteiger partial charge >= 0.3 is 0 Å². The van der Waals surface area contributed by atoms with Crippen molar-refractivity contribution < 1.29 is 22.5 Å². The zero-order chi connectivity index (χ0) is 21.9. The van der Waals surface area contributed by atoms with E-state index in [0.29, 0.717) is 28.7 Å². The van der Waals surface area contributed by atoms with Gasteiger partial charge in [0.05, 0.1) is 4.90 Å². The van der Waals surface area contributed by atoms with Crippen LogP contribution in [0, 0.1) is 6.92 Å². The molecule has 3 rings (SSSR count). The Morgan fingerprint density at radius 1 is 1.10 bits per heavy atom. The van der Waals surface area contributed by atoms with E-state index in [1.54, 1.807) is 48.2 Å². The van der Waals surface area contributed by atoms with Crippen molar-refractivity contribution in [2.24, 2.45) is 0 Å². The Bertz CT molecular complexity index is 1120. The maximum Gasteiger partial charge on any atom is 0.258 e. The minimum atomic E-state index is -3.30. The molecule has 0 atom stereocenters. The van der Waals surface area contributed by atoms with Gasteiger partial charge in [0, 0.05) is 30.5 Å². The predicted molar refractivity (Wildman–Crippen MR) is 111 cm³/mol. The third-order valence-corrected chi connectivity index (χ3v) is 5.45. The number of aromatic nitrogens is 2. The van der Waals surface area contributed by atoms with E-state index in [1.165, 1.54) is 12.1 Å². The summed E-state index contributed by atoms with van der Waals surface area (Å²) >= 11 is 0. The lowest BCUT2D eigenvalue weighted by Crippen LogP contribution is -2.37. The third kappa shape index (κ3) is 5.04. The maximum atomic E-state index is 13.1. The first-order chi connectivity index (χ1) is 14.1. The van der Waals surface area contributed by atoms with Gasteiger partial charge in [-0.25, -0.2) is 8.42 Å². The Labute approximate surface area is 175 Å². The van der Waals surface area contributed by atoms with Crippen molar-refractivity contribution in [2.45, 2.75) is 38.3 Å². The molecule has 1 heterocycles. The first-order valence-corrected chi connectivity index (χ1v) is 11.2. The van der Waals surface area contributed by atoms with Crippen molar-refractivity contribution in [3.8, 4) is 5.75 Å². The minimum absolute atomic E-state index is 0.126. The van der Waals surface area contributed by atoms with Gasteiger partial charge in [-0.1, -0.05) is 5.16 Å². The summed E-state index contributed by atoms with van der Waals surface area (Å²) in [5.74, 6) is 1.28. The van der Waals surface area contributed by atoms with Crippen LogP contribution in [0.15, 0.2) is 57.9 Å². The number of carbonyl (C=O) groups excluding carboxylic acids is 1. The van der Waals surface area contributed by atoms with E-state index in [2.05, 4.69) is 10.1 Å². The number of benzene rings is 2. The number of carbonyl (C=O) groups is 1. The van der Waals surface area contributed by atoms with Gasteiger partial charge in [0.2, 0.25) is 11.7 Å². The molecular weight excluding hydrogens is 406 g/mol. The van der Waals surface area contributed by atoms with Crippen LogP contribution in [0.3, 0.4) is 0 Å². The summed E-state index contributed by atoms with van der Waals surface area (Å²) in [4.78, 5) is 19.0.